The summed E-state index contributed by atoms with van der Waals surface area (Å²) in [6.07, 6.45) is -0.552. The van der Waals surface area contributed by atoms with Crippen LogP contribution in [0.5, 0.6) is 11.5 Å². The molecule has 2 saturated carbocycles. The molecule has 4 fully saturated rings. The molecule has 4 aliphatic heterocycles. The van der Waals surface area contributed by atoms with Gasteiger partial charge in [-0.05, 0) is 104 Å². The molecule has 0 bridgehead atoms. The van der Waals surface area contributed by atoms with Crippen molar-refractivity contribution < 1.29 is 127 Å². The minimum atomic E-state index is -1.33. The van der Waals surface area contributed by atoms with E-state index in [1.807, 2.05) is 0 Å². The number of carbonyl (C=O) groups excluding carboxylic acids is 10. The molecule has 2 unspecified atom stereocenters. The maximum atomic E-state index is 13.5. The largest absolute Gasteiger partial charge is 1.00 e. The molecule has 24 nitrogen and oxygen atoms in total. The van der Waals surface area contributed by atoms with Gasteiger partial charge in [0.15, 0.2) is 0 Å². The zero-order valence-corrected chi connectivity index (χ0v) is 48.4. The van der Waals surface area contributed by atoms with Gasteiger partial charge in [-0.1, -0.05) is 28.1 Å². The van der Waals surface area contributed by atoms with Gasteiger partial charge < -0.3 is 49.9 Å². The maximum Gasteiger partial charge on any atom is 1.00 e. The van der Waals surface area contributed by atoms with E-state index < -0.39 is 93.6 Å². The van der Waals surface area contributed by atoms with E-state index in [4.69, 9.17) is 43.4 Å². The first kappa shape index (κ1) is 63.6. The second-order valence-corrected chi connectivity index (χ2v) is 21.5. The zero-order chi connectivity index (χ0) is 56.6. The van der Waals surface area contributed by atoms with Gasteiger partial charge in [-0.2, -0.15) is 9.80 Å². The van der Waals surface area contributed by atoms with Gasteiger partial charge in [0.25, 0.3) is 35.4 Å². The Hall–Kier alpha value is -5.22. The number of aromatic hydroxyl groups is 1. The van der Waals surface area contributed by atoms with Crippen molar-refractivity contribution in [1.29, 1.82) is 0 Å². The van der Waals surface area contributed by atoms with E-state index >= 15 is 0 Å². The second kappa shape index (κ2) is 26.8. The van der Waals surface area contributed by atoms with Crippen LogP contribution in [-0.4, -0.2) is 196 Å². The normalized spacial score (nSPS) is 19.7. The third-order valence-corrected chi connectivity index (χ3v) is 13.1. The molecule has 4 heterocycles. The Bertz CT molecular complexity index is 2630. The van der Waals surface area contributed by atoms with Gasteiger partial charge in [-0.25, -0.2) is 9.59 Å². The van der Waals surface area contributed by atoms with Crippen molar-refractivity contribution in [1.82, 2.24) is 19.6 Å². The molecule has 2 aromatic carbocycles. The van der Waals surface area contributed by atoms with Crippen LogP contribution in [0.25, 0.3) is 0 Å². The predicted octanol–water partition coefficient (Wildman–Crippen LogP) is 0.884. The molecule has 26 heteroatoms. The minimum Gasteiger partial charge on any atom is -1.00 e. The Morgan fingerprint density at radius 2 is 0.962 bits per heavy atom. The van der Waals surface area contributed by atoms with E-state index in [0.29, 0.717) is 75.1 Å². The number of benzene rings is 2. The number of rotatable bonds is 18. The van der Waals surface area contributed by atoms with Gasteiger partial charge in [0.1, 0.15) is 41.4 Å². The number of phenolic OH excluding ortho intramolecular Hbond substituents is 1. The van der Waals surface area contributed by atoms with Crippen LogP contribution in [0.4, 0.5) is 9.59 Å². The number of carbonyl (C=O) groups is 10. The summed E-state index contributed by atoms with van der Waals surface area (Å²) in [6, 6.07) is 5.99. The van der Waals surface area contributed by atoms with Crippen LogP contribution in [0.1, 0.15) is 123 Å². The van der Waals surface area contributed by atoms with E-state index in [1.54, 1.807) is 53.7 Å². The first-order valence-electron chi connectivity index (χ1n) is 25.0. The van der Waals surface area contributed by atoms with Crippen LogP contribution >= 0.6 is 15.9 Å². The summed E-state index contributed by atoms with van der Waals surface area (Å²) >= 11 is 3.23. The third-order valence-electron chi connectivity index (χ3n) is 12.7. The number of piperidine rings is 2. The summed E-state index contributed by atoms with van der Waals surface area (Å²) < 4.78 is 36.7. The van der Waals surface area contributed by atoms with E-state index in [2.05, 4.69) is 15.9 Å². The maximum absolute atomic E-state index is 13.5. The Kier molecular flexibility index (Phi) is 21.9. The molecule has 0 radical (unpaired) electrons. The smallest absolute Gasteiger partial charge is 1.00 e. The number of hydrogen-bond donors (Lipinski definition) is 3. The van der Waals surface area contributed by atoms with Crippen LogP contribution in [0.3, 0.4) is 0 Å². The Balaban J connectivity index is 0.000000290. The topological polar surface area (TPSA) is 309 Å². The molecule has 2 atom stereocenters. The number of alkyl halides is 1. The molecule has 2 aromatic rings. The summed E-state index contributed by atoms with van der Waals surface area (Å²) in [6.45, 7) is 13.0. The fourth-order valence-electron chi connectivity index (χ4n) is 8.85. The summed E-state index contributed by atoms with van der Waals surface area (Å²) in [7, 11) is 0. The number of fused-ring (bicyclic) bond motifs is 2. The van der Waals surface area contributed by atoms with Gasteiger partial charge in [0.05, 0.1) is 99.2 Å². The van der Waals surface area contributed by atoms with Crippen molar-refractivity contribution in [2.45, 2.75) is 103 Å². The van der Waals surface area contributed by atoms with Crippen molar-refractivity contribution in [3.63, 3.8) is 0 Å². The van der Waals surface area contributed by atoms with E-state index in [9.17, 15) is 53.1 Å². The third kappa shape index (κ3) is 14.6. The number of nitrogens with zero attached hydrogens (tertiary/aromatic N) is 4. The van der Waals surface area contributed by atoms with Crippen LogP contribution < -0.4 is 34.3 Å². The average molecular weight is 1170 g/mol. The molecule has 8 rings (SSSR count). The summed E-state index contributed by atoms with van der Waals surface area (Å²) in [5.74, 6) is -6.45. The SMILES string of the molecule is CC(C)(C)OC(=O)N1C(=O)C(N2C(=O)c3cccc(O)c3C2=O)CC2(CC2)C1=O.CC(C)(C)OC(=O)N1C(=O)C(N2C(=O)c3cccc(OCCOCCOCCO)c3C2=O)CC2(CC2)C1=O.OCCOCCOCCBr.[H-].[Na+]. The van der Waals surface area contributed by atoms with E-state index in [-0.39, 0.29) is 111 Å². The van der Waals surface area contributed by atoms with Crippen molar-refractivity contribution in [3.8, 4) is 11.5 Å². The fraction of sp³-hybridized carbons (Fsp3) is 0.577. The van der Waals surface area contributed by atoms with Crippen molar-refractivity contribution in [3.05, 3.63) is 58.7 Å². The number of imide groups is 8. The van der Waals surface area contributed by atoms with Crippen LogP contribution in [0.15, 0.2) is 36.4 Å². The number of aliphatic hydroxyl groups is 2. The summed E-state index contributed by atoms with van der Waals surface area (Å²) in [5.41, 5.74) is -3.97. The number of amides is 10. The van der Waals surface area contributed by atoms with Crippen molar-refractivity contribution in [2.24, 2.45) is 10.8 Å². The molecule has 422 valence electrons. The Morgan fingerprint density at radius 1 is 0.577 bits per heavy atom. The summed E-state index contributed by atoms with van der Waals surface area (Å²) in [4.78, 5) is 133. The molecule has 78 heavy (non-hydrogen) atoms. The summed E-state index contributed by atoms with van der Waals surface area (Å²) in [5, 5.41) is 27.8. The Labute approximate surface area is 482 Å². The van der Waals surface area contributed by atoms with Crippen LogP contribution in [-0.2, 0) is 47.6 Å². The molecule has 0 aromatic heterocycles. The first-order valence-corrected chi connectivity index (χ1v) is 26.2. The van der Waals surface area contributed by atoms with Gasteiger partial charge in [-0.3, -0.25) is 48.2 Å². The van der Waals surface area contributed by atoms with Gasteiger partial charge in [-0.15, -0.1) is 0 Å². The van der Waals surface area contributed by atoms with Gasteiger partial charge >= 0.3 is 41.7 Å². The average Bonchev–Trinajstić information content (AvgIpc) is 4.46. The van der Waals surface area contributed by atoms with E-state index in [1.165, 1.54) is 24.3 Å². The van der Waals surface area contributed by atoms with Crippen LogP contribution in [0.2, 0.25) is 0 Å². The molecule has 3 N–H and O–H groups in total. The molecule has 2 spiro atoms. The quantitative estimate of drug-likeness (QED) is 0.0808. The Morgan fingerprint density at radius 3 is 1.36 bits per heavy atom. The number of hydrogen-bond acceptors (Lipinski definition) is 20. The number of halogens is 1. The van der Waals surface area contributed by atoms with Gasteiger partial charge in [0, 0.05) is 5.33 Å². The monoisotopic (exact) mass is 1170 g/mol. The molecular weight excluding hydrogens is 1100 g/mol. The zero-order valence-electron chi connectivity index (χ0n) is 45.8. The fourth-order valence-corrected chi connectivity index (χ4v) is 9.08. The van der Waals surface area contributed by atoms with Crippen molar-refractivity contribution >= 4 is 75.4 Å². The molecular formula is C52H66BrN4NaO20. The number of phenols is 1. The van der Waals surface area contributed by atoms with Crippen LogP contribution in [0, 0.1) is 10.8 Å². The number of aliphatic hydroxyl groups excluding tert-OH is 2. The molecule has 6 aliphatic rings. The number of likely N-dealkylation sites (tertiary alicyclic amines) is 2. The minimum absolute atomic E-state index is 0. The standard InChI is InChI=1S/C26H32N2O10.C20H20N2O7.C6H13BrO3.Na.H/c1-25(2,3)38-24(34)28-21(31)17(15-26(7-8-26)23(28)33)27-20(30)16-5-4-6-18(19(16)22(27)32)37-14-13-36-12-11-35-10-9-29;1-19(2,3)29-18(28)22-15(25)11(9-20(7-8-20)17(22)27)21-14(24)10-5-4-6-12(23)13(10)16(21)26;7-1-3-9-5-6-10-4-2-8;;/h4-6,17,29H,7-15H2,1-3H3;4-6,11,23H,7-9H2,1-3H3;8H,1-6H2;;/q;;;+1;-1. The second-order valence-electron chi connectivity index (χ2n) is 20.7. The van der Waals surface area contributed by atoms with E-state index in [0.717, 1.165) is 15.1 Å². The predicted molar refractivity (Wildman–Crippen MR) is 270 cm³/mol. The van der Waals surface area contributed by atoms with Crippen molar-refractivity contribution in [2.75, 3.05) is 78.0 Å². The molecule has 2 aliphatic carbocycles. The first-order chi connectivity index (χ1) is 36.4. The molecule has 2 saturated heterocycles. The number of ether oxygens (including phenoxy) is 7. The van der Waals surface area contributed by atoms with Gasteiger partial charge in [0.2, 0.25) is 11.8 Å². The molecule has 10 amide bonds.